The molecule has 0 radical (unpaired) electrons. The minimum atomic E-state index is -0.998. The van der Waals surface area contributed by atoms with Gasteiger partial charge in [-0.3, -0.25) is 4.79 Å². The lowest BCUT2D eigenvalue weighted by atomic mass is 10.1. The summed E-state index contributed by atoms with van der Waals surface area (Å²) in [4.78, 5) is 26.3. The highest BCUT2D eigenvalue weighted by Gasteiger charge is 2.17. The molecule has 0 bridgehead atoms. The van der Waals surface area contributed by atoms with Crippen molar-refractivity contribution < 1.29 is 14.7 Å². The van der Waals surface area contributed by atoms with Crippen LogP contribution in [0.5, 0.6) is 0 Å². The zero-order valence-corrected chi connectivity index (χ0v) is 15.6. The molecule has 5 nitrogen and oxygen atoms in total. The number of nitrogens with one attached hydrogen (secondary N) is 1. The first-order valence-corrected chi connectivity index (χ1v) is 8.97. The fourth-order valence-corrected chi connectivity index (χ4v) is 2.88. The molecular formula is C21H26N2O3. The summed E-state index contributed by atoms with van der Waals surface area (Å²) in [7, 11) is 0. The Morgan fingerprint density at radius 1 is 1.08 bits per heavy atom. The Morgan fingerprint density at radius 3 is 2.42 bits per heavy atom. The van der Waals surface area contributed by atoms with Gasteiger partial charge >= 0.3 is 5.97 Å². The van der Waals surface area contributed by atoms with Gasteiger partial charge in [0, 0.05) is 24.3 Å². The molecule has 2 N–H and O–H groups in total. The molecule has 0 aliphatic carbocycles. The van der Waals surface area contributed by atoms with Crippen LogP contribution in [0.2, 0.25) is 0 Å². The molecule has 26 heavy (non-hydrogen) atoms. The molecule has 0 unspecified atom stereocenters. The first-order chi connectivity index (χ1) is 12.5. The average Bonchev–Trinajstić information content (AvgIpc) is 2.63. The molecule has 0 aliphatic heterocycles. The van der Waals surface area contributed by atoms with E-state index in [1.165, 1.54) is 6.07 Å². The van der Waals surface area contributed by atoms with Gasteiger partial charge in [0.05, 0.1) is 11.3 Å². The minimum absolute atomic E-state index is 0.200. The molecule has 0 saturated carbocycles. The van der Waals surface area contributed by atoms with Crippen LogP contribution in [0.3, 0.4) is 0 Å². The van der Waals surface area contributed by atoms with Crippen molar-refractivity contribution in [2.24, 2.45) is 0 Å². The van der Waals surface area contributed by atoms with E-state index in [0.29, 0.717) is 16.9 Å². The number of carboxylic acids is 1. The number of anilines is 2. The van der Waals surface area contributed by atoms with Crippen LogP contribution in [0.15, 0.2) is 42.5 Å². The van der Waals surface area contributed by atoms with Gasteiger partial charge in [-0.15, -0.1) is 0 Å². The normalized spacial score (nSPS) is 10.4. The Hall–Kier alpha value is -2.82. The molecule has 0 saturated heterocycles. The molecule has 138 valence electrons. The predicted octanol–water partition coefficient (Wildman–Crippen LogP) is 4.57. The van der Waals surface area contributed by atoms with E-state index in [-0.39, 0.29) is 11.5 Å². The number of benzene rings is 2. The Labute approximate surface area is 154 Å². The van der Waals surface area contributed by atoms with E-state index < -0.39 is 5.97 Å². The van der Waals surface area contributed by atoms with Crippen molar-refractivity contribution >= 4 is 23.3 Å². The molecule has 1 amide bonds. The van der Waals surface area contributed by atoms with Crippen LogP contribution < -0.4 is 10.2 Å². The second-order valence-corrected chi connectivity index (χ2v) is 6.24. The number of rotatable bonds is 8. The quantitative estimate of drug-likeness (QED) is 0.728. The summed E-state index contributed by atoms with van der Waals surface area (Å²) in [6.07, 6.45) is 2.04. The number of hydrogen-bond donors (Lipinski definition) is 2. The number of carbonyl (C=O) groups is 2. The Bertz CT molecular complexity index is 787. The van der Waals surface area contributed by atoms with Crippen molar-refractivity contribution in [1.82, 2.24) is 0 Å². The monoisotopic (exact) mass is 354 g/mol. The van der Waals surface area contributed by atoms with Gasteiger partial charge in [0.1, 0.15) is 0 Å². The largest absolute Gasteiger partial charge is 0.478 e. The van der Waals surface area contributed by atoms with Gasteiger partial charge in [-0.25, -0.2) is 4.79 Å². The van der Waals surface area contributed by atoms with Gasteiger partial charge < -0.3 is 15.3 Å². The van der Waals surface area contributed by atoms with E-state index in [0.717, 1.165) is 31.5 Å². The third kappa shape index (κ3) is 4.63. The maximum atomic E-state index is 12.5. The first kappa shape index (κ1) is 19.5. The minimum Gasteiger partial charge on any atom is -0.478 e. The van der Waals surface area contributed by atoms with Crippen LogP contribution in [0, 0.1) is 6.92 Å². The molecule has 2 aromatic rings. The van der Waals surface area contributed by atoms with Gasteiger partial charge in [-0.1, -0.05) is 31.5 Å². The molecule has 2 aromatic carbocycles. The van der Waals surface area contributed by atoms with Crippen LogP contribution >= 0.6 is 0 Å². The van der Waals surface area contributed by atoms with E-state index in [1.54, 1.807) is 24.3 Å². The molecule has 0 aliphatic rings. The SMILES string of the molecule is CCCCN(CC)c1ccc(NC(=O)c2ccccc2C)cc1C(=O)O. The number of aryl methyl sites for hydroxylation is 1. The zero-order chi connectivity index (χ0) is 19.1. The lowest BCUT2D eigenvalue weighted by Crippen LogP contribution is -2.26. The number of aromatic carboxylic acids is 1. The summed E-state index contributed by atoms with van der Waals surface area (Å²) in [5, 5.41) is 12.4. The van der Waals surface area contributed by atoms with E-state index in [1.807, 2.05) is 26.0 Å². The lowest BCUT2D eigenvalue weighted by Gasteiger charge is -2.25. The van der Waals surface area contributed by atoms with Crippen molar-refractivity contribution in [2.45, 2.75) is 33.6 Å². The highest BCUT2D eigenvalue weighted by molar-refractivity contribution is 6.06. The van der Waals surface area contributed by atoms with Crippen molar-refractivity contribution in [3.63, 3.8) is 0 Å². The second kappa shape index (κ2) is 9.04. The highest BCUT2D eigenvalue weighted by atomic mass is 16.4. The number of carboxylic acid groups (broad SMARTS) is 1. The van der Waals surface area contributed by atoms with Crippen LogP contribution in [0.25, 0.3) is 0 Å². The molecule has 0 spiro atoms. The summed E-state index contributed by atoms with van der Waals surface area (Å²) in [6, 6.07) is 12.4. The van der Waals surface area contributed by atoms with Gasteiger partial charge in [-0.05, 0) is 50.1 Å². The number of amides is 1. The maximum absolute atomic E-state index is 12.5. The fourth-order valence-electron chi connectivity index (χ4n) is 2.88. The van der Waals surface area contributed by atoms with Crippen LogP contribution in [-0.2, 0) is 0 Å². The zero-order valence-electron chi connectivity index (χ0n) is 15.6. The van der Waals surface area contributed by atoms with E-state index in [9.17, 15) is 14.7 Å². The Balaban J connectivity index is 2.29. The van der Waals surface area contributed by atoms with Crippen LogP contribution in [0.4, 0.5) is 11.4 Å². The van der Waals surface area contributed by atoms with Crippen molar-refractivity contribution in [1.29, 1.82) is 0 Å². The van der Waals surface area contributed by atoms with E-state index in [2.05, 4.69) is 17.1 Å². The molecular weight excluding hydrogens is 328 g/mol. The van der Waals surface area contributed by atoms with E-state index in [4.69, 9.17) is 0 Å². The number of nitrogens with zero attached hydrogens (tertiary/aromatic N) is 1. The molecule has 2 rings (SSSR count). The summed E-state index contributed by atoms with van der Waals surface area (Å²) in [5.74, 6) is -1.24. The first-order valence-electron chi connectivity index (χ1n) is 8.97. The van der Waals surface area contributed by atoms with Crippen LogP contribution in [-0.4, -0.2) is 30.1 Å². The maximum Gasteiger partial charge on any atom is 0.337 e. The topological polar surface area (TPSA) is 69.6 Å². The molecule has 5 heteroatoms. The lowest BCUT2D eigenvalue weighted by molar-refractivity contribution is 0.0697. The molecule has 0 aromatic heterocycles. The van der Waals surface area contributed by atoms with Crippen molar-refractivity contribution in [2.75, 3.05) is 23.3 Å². The highest BCUT2D eigenvalue weighted by Crippen LogP contribution is 2.25. The summed E-state index contributed by atoms with van der Waals surface area (Å²) in [6.45, 7) is 7.52. The summed E-state index contributed by atoms with van der Waals surface area (Å²) < 4.78 is 0. The molecule has 0 heterocycles. The Morgan fingerprint density at radius 2 is 1.81 bits per heavy atom. The smallest absolute Gasteiger partial charge is 0.337 e. The van der Waals surface area contributed by atoms with Crippen molar-refractivity contribution in [3.8, 4) is 0 Å². The fraction of sp³-hybridized carbons (Fsp3) is 0.333. The van der Waals surface area contributed by atoms with Gasteiger partial charge in [0.25, 0.3) is 5.91 Å². The predicted molar refractivity (Wildman–Crippen MR) is 105 cm³/mol. The van der Waals surface area contributed by atoms with Gasteiger partial charge in [-0.2, -0.15) is 0 Å². The summed E-state index contributed by atoms with van der Waals surface area (Å²) >= 11 is 0. The van der Waals surface area contributed by atoms with Gasteiger partial charge in [0.15, 0.2) is 0 Å². The number of hydrogen-bond acceptors (Lipinski definition) is 3. The van der Waals surface area contributed by atoms with Crippen LogP contribution in [0.1, 0.15) is 53.0 Å². The van der Waals surface area contributed by atoms with Gasteiger partial charge in [0.2, 0.25) is 0 Å². The standard InChI is InChI=1S/C21H26N2O3/c1-4-6-13-23(5-2)19-12-11-16(14-18(19)21(25)26)22-20(24)17-10-8-7-9-15(17)3/h7-12,14H,4-6,13H2,1-3H3,(H,22,24)(H,25,26). The number of carbonyl (C=O) groups excluding carboxylic acids is 1. The van der Waals surface area contributed by atoms with Crippen molar-refractivity contribution in [3.05, 3.63) is 59.2 Å². The molecule has 0 fully saturated rings. The Kier molecular flexibility index (Phi) is 6.78. The number of unbranched alkanes of at least 4 members (excludes halogenated alkanes) is 1. The average molecular weight is 354 g/mol. The summed E-state index contributed by atoms with van der Waals surface area (Å²) in [5.41, 5.74) is 2.81. The molecule has 0 atom stereocenters. The van der Waals surface area contributed by atoms with E-state index >= 15 is 0 Å². The third-order valence-corrected chi connectivity index (χ3v) is 4.38. The second-order valence-electron chi connectivity index (χ2n) is 6.24. The third-order valence-electron chi connectivity index (χ3n) is 4.38.